The Balaban J connectivity index is 2.57. The lowest BCUT2D eigenvalue weighted by Gasteiger charge is -2.37. The predicted octanol–water partition coefficient (Wildman–Crippen LogP) is 4.28. The van der Waals surface area contributed by atoms with Crippen LogP contribution in [0, 0.1) is 12.3 Å². The van der Waals surface area contributed by atoms with Gasteiger partial charge in [0, 0.05) is 36.6 Å². The number of carbonyl (C=O) groups is 1. The van der Waals surface area contributed by atoms with Crippen LogP contribution in [0.15, 0.2) is 5.11 Å². The summed E-state index contributed by atoms with van der Waals surface area (Å²) in [4.78, 5) is 17.3. The van der Waals surface area contributed by atoms with E-state index in [4.69, 9.17) is 21.4 Å². The smallest absolute Gasteiger partial charge is 0.410 e. The van der Waals surface area contributed by atoms with Gasteiger partial charge in [-0.25, -0.2) is 4.79 Å². The highest BCUT2D eigenvalue weighted by molar-refractivity contribution is 5.68. The minimum absolute atomic E-state index is 0.0360. The molecule has 1 aliphatic carbocycles. The van der Waals surface area contributed by atoms with E-state index >= 15 is 0 Å². The summed E-state index contributed by atoms with van der Waals surface area (Å²) in [6, 6.07) is 0.152. The van der Waals surface area contributed by atoms with E-state index in [1.54, 1.807) is 0 Å². The Kier molecular flexibility index (Phi) is 9.18. The van der Waals surface area contributed by atoms with E-state index in [1.807, 2.05) is 25.7 Å². The largest absolute Gasteiger partial charge is 0.444 e. The summed E-state index contributed by atoms with van der Waals surface area (Å²) in [5.41, 5.74) is 8.04. The van der Waals surface area contributed by atoms with Crippen molar-refractivity contribution in [2.24, 2.45) is 5.11 Å². The molecule has 0 N–H and O–H groups in total. The third-order valence-corrected chi connectivity index (χ3v) is 4.03. The Hall–Kier alpha value is -1.90. The molecule has 0 spiro atoms. The molecule has 0 aromatic carbocycles. The molecule has 0 aliphatic heterocycles. The normalized spacial score (nSPS) is 20.2. The van der Waals surface area contributed by atoms with E-state index in [9.17, 15) is 4.79 Å². The van der Waals surface area contributed by atoms with E-state index in [1.165, 1.54) is 0 Å². The van der Waals surface area contributed by atoms with Crippen molar-refractivity contribution in [3.8, 4) is 12.3 Å². The lowest BCUT2D eigenvalue weighted by atomic mass is 9.90. The minimum atomic E-state index is -0.527. The minimum Gasteiger partial charge on any atom is -0.444 e. The number of rotatable bonds is 8. The van der Waals surface area contributed by atoms with Gasteiger partial charge in [0.05, 0.1) is 6.61 Å². The Morgan fingerprint density at radius 2 is 2.00 bits per heavy atom. The molecule has 7 nitrogen and oxygen atoms in total. The van der Waals surface area contributed by atoms with Crippen LogP contribution in [-0.2, 0) is 9.47 Å². The van der Waals surface area contributed by atoms with Crippen molar-refractivity contribution in [2.45, 2.75) is 77.0 Å². The maximum Gasteiger partial charge on any atom is 0.410 e. The van der Waals surface area contributed by atoms with Gasteiger partial charge in [-0.3, -0.25) is 0 Å². The molecule has 1 fully saturated rings. The van der Waals surface area contributed by atoms with Crippen LogP contribution in [0.3, 0.4) is 0 Å². The highest BCUT2D eigenvalue weighted by atomic mass is 16.6. The molecule has 0 heterocycles. The van der Waals surface area contributed by atoms with Crippen molar-refractivity contribution in [3.05, 3.63) is 10.4 Å². The van der Waals surface area contributed by atoms with Gasteiger partial charge < -0.3 is 14.4 Å². The molecular formula is C18H30N4O3. The first-order valence-corrected chi connectivity index (χ1v) is 8.92. The second-order valence-electron chi connectivity index (χ2n) is 7.26. The molecular weight excluding hydrogens is 320 g/mol. The summed E-state index contributed by atoms with van der Waals surface area (Å²) in [5, 5.41) is 3.80. The van der Waals surface area contributed by atoms with E-state index in [0.29, 0.717) is 26.2 Å². The highest BCUT2D eigenvalue weighted by Gasteiger charge is 2.31. The molecule has 0 radical (unpaired) electrons. The number of amides is 1. The van der Waals surface area contributed by atoms with Crippen molar-refractivity contribution >= 4 is 6.09 Å². The molecule has 0 saturated heterocycles. The lowest BCUT2D eigenvalue weighted by Crippen LogP contribution is -2.46. The van der Waals surface area contributed by atoms with Crippen molar-refractivity contribution in [3.63, 3.8) is 0 Å². The predicted molar refractivity (Wildman–Crippen MR) is 97.0 cm³/mol. The third-order valence-electron chi connectivity index (χ3n) is 4.03. The number of terminal acetylenes is 1. The van der Waals surface area contributed by atoms with E-state index in [2.05, 4.69) is 15.9 Å². The van der Waals surface area contributed by atoms with Crippen LogP contribution in [-0.4, -0.2) is 48.4 Å². The van der Waals surface area contributed by atoms with Gasteiger partial charge in [0.15, 0.2) is 0 Å². The molecule has 1 aliphatic rings. The molecule has 0 aromatic heterocycles. The summed E-state index contributed by atoms with van der Waals surface area (Å²) >= 11 is 0. The number of hydrogen-bond donors (Lipinski definition) is 0. The van der Waals surface area contributed by atoms with Crippen LogP contribution < -0.4 is 0 Å². The summed E-state index contributed by atoms with van der Waals surface area (Å²) < 4.78 is 11.0. The van der Waals surface area contributed by atoms with Gasteiger partial charge in [0.2, 0.25) is 0 Å². The SMILES string of the molecule is C#CCCOCCCN(C(=O)OC(C)(C)C)[C@H]1CC[C@@H](N=[N+]=[N-])CC1. The van der Waals surface area contributed by atoms with E-state index < -0.39 is 5.60 Å². The number of nitrogens with zero attached hydrogens (tertiary/aromatic N) is 4. The van der Waals surface area contributed by atoms with Crippen LogP contribution in [0.25, 0.3) is 10.4 Å². The van der Waals surface area contributed by atoms with Gasteiger partial charge in [-0.2, -0.15) is 0 Å². The van der Waals surface area contributed by atoms with E-state index in [-0.39, 0.29) is 18.2 Å². The first-order valence-electron chi connectivity index (χ1n) is 8.92. The monoisotopic (exact) mass is 350 g/mol. The van der Waals surface area contributed by atoms with Crippen LogP contribution in [0.5, 0.6) is 0 Å². The van der Waals surface area contributed by atoms with Gasteiger partial charge in [-0.15, -0.1) is 12.3 Å². The quantitative estimate of drug-likeness (QED) is 0.215. The van der Waals surface area contributed by atoms with Gasteiger partial charge in [-0.1, -0.05) is 5.11 Å². The summed E-state index contributed by atoms with van der Waals surface area (Å²) in [7, 11) is 0. The van der Waals surface area contributed by atoms with Gasteiger partial charge >= 0.3 is 6.09 Å². The van der Waals surface area contributed by atoms with Crippen molar-refractivity contribution < 1.29 is 14.3 Å². The fourth-order valence-corrected chi connectivity index (χ4v) is 2.87. The summed E-state index contributed by atoms with van der Waals surface area (Å²) in [5.74, 6) is 2.53. The topological polar surface area (TPSA) is 87.5 Å². The number of hydrogen-bond acceptors (Lipinski definition) is 4. The average Bonchev–Trinajstić information content (AvgIpc) is 2.54. The maximum absolute atomic E-state index is 12.6. The summed E-state index contributed by atoms with van der Waals surface area (Å²) in [6.07, 6.45) is 9.47. The molecule has 1 rings (SSSR count). The molecule has 1 amide bonds. The Bertz CT molecular complexity index is 495. The zero-order valence-corrected chi connectivity index (χ0v) is 15.6. The molecule has 7 heteroatoms. The molecule has 25 heavy (non-hydrogen) atoms. The fraction of sp³-hybridized carbons (Fsp3) is 0.833. The Morgan fingerprint density at radius 1 is 1.32 bits per heavy atom. The maximum atomic E-state index is 12.6. The van der Waals surface area contributed by atoms with E-state index in [0.717, 1.165) is 32.1 Å². The first-order chi connectivity index (χ1) is 11.9. The second kappa shape index (κ2) is 10.9. The number of ether oxygens (including phenoxy) is 2. The molecule has 0 aromatic rings. The van der Waals surface area contributed by atoms with Crippen molar-refractivity contribution in [2.75, 3.05) is 19.8 Å². The zero-order chi connectivity index (χ0) is 18.7. The number of carbonyl (C=O) groups excluding carboxylic acids is 1. The van der Waals surface area contributed by atoms with Crippen LogP contribution in [0.2, 0.25) is 0 Å². The average molecular weight is 350 g/mol. The third kappa shape index (κ3) is 8.67. The molecule has 0 bridgehead atoms. The van der Waals surface area contributed by atoms with Crippen LogP contribution >= 0.6 is 0 Å². The molecule has 140 valence electrons. The van der Waals surface area contributed by atoms with Crippen molar-refractivity contribution in [1.29, 1.82) is 0 Å². The summed E-state index contributed by atoms with van der Waals surface area (Å²) in [6.45, 7) is 7.29. The zero-order valence-electron chi connectivity index (χ0n) is 15.6. The number of azide groups is 1. The fourth-order valence-electron chi connectivity index (χ4n) is 2.87. The standard InChI is InChI=1S/C18H30N4O3/c1-5-6-13-24-14-7-12-22(17(23)25-18(2,3)4)16-10-8-15(9-11-16)20-21-19/h1,15-16H,6-14H2,2-4H3/t15-,16+. The second-order valence-corrected chi connectivity index (χ2v) is 7.26. The lowest BCUT2D eigenvalue weighted by molar-refractivity contribution is 0.00911. The highest BCUT2D eigenvalue weighted by Crippen LogP contribution is 2.26. The molecule has 0 unspecified atom stereocenters. The molecule has 1 saturated carbocycles. The van der Waals surface area contributed by atoms with Gasteiger partial charge in [0.1, 0.15) is 5.60 Å². The van der Waals surface area contributed by atoms with Gasteiger partial charge in [0.25, 0.3) is 0 Å². The van der Waals surface area contributed by atoms with Crippen LogP contribution in [0.4, 0.5) is 4.79 Å². The van der Waals surface area contributed by atoms with Gasteiger partial charge in [-0.05, 0) is 58.4 Å². The van der Waals surface area contributed by atoms with Crippen LogP contribution in [0.1, 0.15) is 59.3 Å². The Labute approximate surface area is 150 Å². The molecule has 0 atom stereocenters. The van der Waals surface area contributed by atoms with Crippen molar-refractivity contribution in [1.82, 2.24) is 4.90 Å². The first kappa shape index (κ1) is 21.1. The Morgan fingerprint density at radius 3 is 2.56 bits per heavy atom.